The number of aliphatic hydroxyl groups is 1. The van der Waals surface area contributed by atoms with Crippen LogP contribution in [0.3, 0.4) is 0 Å². The molecule has 3 aromatic carbocycles. The second-order valence-electron chi connectivity index (χ2n) is 8.62. The number of carbonyl (C=O) groups excluding carboxylic acids is 2. The molecule has 1 aliphatic rings. The molecule has 1 aliphatic heterocycles. The van der Waals surface area contributed by atoms with E-state index in [1.807, 2.05) is 32.0 Å². The van der Waals surface area contributed by atoms with Gasteiger partial charge in [-0.25, -0.2) is 0 Å². The molecule has 0 bridgehead atoms. The number of ether oxygens (including phenoxy) is 2. The average molecular weight is 506 g/mol. The Hall–Kier alpha value is -3.77. The molecule has 1 unspecified atom stereocenters. The smallest absolute Gasteiger partial charge is 0.295 e. The second kappa shape index (κ2) is 10.9. The second-order valence-corrected chi connectivity index (χ2v) is 9.06. The number of carbonyl (C=O) groups is 2. The van der Waals surface area contributed by atoms with Crippen LogP contribution >= 0.6 is 11.6 Å². The molecule has 36 heavy (non-hydrogen) atoms. The maximum Gasteiger partial charge on any atom is 0.295 e. The Balaban J connectivity index is 1.82. The van der Waals surface area contributed by atoms with Gasteiger partial charge in [-0.05, 0) is 60.9 Å². The van der Waals surface area contributed by atoms with E-state index in [9.17, 15) is 14.7 Å². The maximum absolute atomic E-state index is 13.3. The monoisotopic (exact) mass is 505 g/mol. The number of benzene rings is 3. The quantitative estimate of drug-likeness (QED) is 0.228. The van der Waals surface area contributed by atoms with Gasteiger partial charge in [0, 0.05) is 16.1 Å². The third-order valence-corrected chi connectivity index (χ3v) is 6.42. The number of amides is 1. The number of Topliss-reactive ketones (excluding diaryl/α,β-unsaturated/α-hetero) is 1. The molecule has 3 aromatic rings. The van der Waals surface area contributed by atoms with Crippen LogP contribution < -0.4 is 9.47 Å². The van der Waals surface area contributed by atoms with Gasteiger partial charge in [-0.3, -0.25) is 9.59 Å². The summed E-state index contributed by atoms with van der Waals surface area (Å²) < 4.78 is 11.2. The van der Waals surface area contributed by atoms with E-state index in [1.54, 1.807) is 55.6 Å². The number of hydrogen-bond donors (Lipinski definition) is 1. The molecule has 0 spiro atoms. The predicted molar refractivity (Wildman–Crippen MR) is 139 cm³/mol. The molecule has 1 fully saturated rings. The molecule has 1 amide bonds. The van der Waals surface area contributed by atoms with Crippen molar-refractivity contribution in [2.75, 3.05) is 13.7 Å². The van der Waals surface area contributed by atoms with Crippen molar-refractivity contribution in [3.8, 4) is 11.5 Å². The lowest BCUT2D eigenvalue weighted by molar-refractivity contribution is -0.140. The highest BCUT2D eigenvalue weighted by Gasteiger charge is 2.46. The number of likely N-dealkylation sites (tertiary alicyclic amines) is 1. The van der Waals surface area contributed by atoms with Crippen LogP contribution in [0, 0.1) is 6.92 Å². The van der Waals surface area contributed by atoms with Crippen molar-refractivity contribution in [1.82, 2.24) is 4.90 Å². The topological polar surface area (TPSA) is 76.1 Å². The number of methoxy groups -OCH3 is 1. The van der Waals surface area contributed by atoms with E-state index in [1.165, 1.54) is 4.90 Å². The van der Waals surface area contributed by atoms with Gasteiger partial charge in [-0.15, -0.1) is 0 Å². The number of ketones is 1. The van der Waals surface area contributed by atoms with Gasteiger partial charge in [-0.2, -0.15) is 0 Å². The minimum atomic E-state index is -0.802. The Kier molecular flexibility index (Phi) is 7.65. The molecule has 0 radical (unpaired) electrons. The van der Waals surface area contributed by atoms with Crippen LogP contribution in [0.2, 0.25) is 5.02 Å². The molecule has 4 rings (SSSR count). The maximum atomic E-state index is 13.3. The van der Waals surface area contributed by atoms with Gasteiger partial charge in [0.1, 0.15) is 17.3 Å². The van der Waals surface area contributed by atoms with Gasteiger partial charge in [0.2, 0.25) is 0 Å². The van der Waals surface area contributed by atoms with Gasteiger partial charge in [-0.1, -0.05) is 48.9 Å². The first-order valence-electron chi connectivity index (χ1n) is 11.7. The number of para-hydroxylation sites is 1. The Morgan fingerprint density at radius 3 is 2.42 bits per heavy atom. The summed E-state index contributed by atoms with van der Waals surface area (Å²) in [7, 11) is 1.56. The molecule has 0 saturated carbocycles. The Morgan fingerprint density at radius 2 is 1.75 bits per heavy atom. The zero-order valence-corrected chi connectivity index (χ0v) is 21.2. The Labute approximate surface area is 215 Å². The molecule has 7 heteroatoms. The van der Waals surface area contributed by atoms with Gasteiger partial charge >= 0.3 is 0 Å². The minimum absolute atomic E-state index is 0.0267. The van der Waals surface area contributed by atoms with Crippen molar-refractivity contribution in [3.05, 3.63) is 99.6 Å². The third-order valence-electron chi connectivity index (χ3n) is 6.17. The summed E-state index contributed by atoms with van der Waals surface area (Å²) in [6.07, 6.45) is 0.873. The lowest BCUT2D eigenvalue weighted by atomic mass is 9.94. The minimum Gasteiger partial charge on any atom is -0.507 e. The van der Waals surface area contributed by atoms with E-state index in [2.05, 4.69) is 0 Å². The summed E-state index contributed by atoms with van der Waals surface area (Å²) in [4.78, 5) is 28.1. The Bertz CT molecular complexity index is 1320. The van der Waals surface area contributed by atoms with E-state index in [4.69, 9.17) is 21.1 Å². The summed E-state index contributed by atoms with van der Waals surface area (Å²) in [5.41, 5.74) is 2.69. The van der Waals surface area contributed by atoms with E-state index in [0.717, 1.165) is 17.5 Å². The van der Waals surface area contributed by atoms with E-state index >= 15 is 0 Å². The Morgan fingerprint density at radius 1 is 1.03 bits per heavy atom. The first kappa shape index (κ1) is 25.3. The number of aryl methyl sites for hydroxylation is 1. The average Bonchev–Trinajstić information content (AvgIpc) is 3.13. The fourth-order valence-corrected chi connectivity index (χ4v) is 4.50. The molecule has 1 N–H and O–H groups in total. The molecule has 0 aromatic heterocycles. The highest BCUT2D eigenvalue weighted by molar-refractivity contribution is 6.46. The molecule has 6 nitrogen and oxygen atoms in total. The molecular weight excluding hydrogens is 478 g/mol. The van der Waals surface area contributed by atoms with Crippen molar-refractivity contribution >= 4 is 29.1 Å². The first-order chi connectivity index (χ1) is 17.3. The van der Waals surface area contributed by atoms with Crippen LogP contribution in [0.15, 0.2) is 72.3 Å². The number of halogens is 1. The summed E-state index contributed by atoms with van der Waals surface area (Å²) >= 11 is 6.11. The van der Waals surface area contributed by atoms with Crippen LogP contribution in [0.4, 0.5) is 0 Å². The van der Waals surface area contributed by atoms with Gasteiger partial charge in [0.05, 0.1) is 31.9 Å². The van der Waals surface area contributed by atoms with Crippen LogP contribution in [-0.4, -0.2) is 35.4 Å². The molecule has 0 aliphatic carbocycles. The SMILES string of the molecule is CCCOc1ccc(/C(O)=C2/C(=O)C(=O)N(Cc3ccccc3OC)C2c2ccc(Cl)cc2)cc1C. The summed E-state index contributed by atoms with van der Waals surface area (Å²) in [5.74, 6) is -0.360. The lowest BCUT2D eigenvalue weighted by Crippen LogP contribution is -2.29. The summed E-state index contributed by atoms with van der Waals surface area (Å²) in [6, 6.07) is 18.7. The van der Waals surface area contributed by atoms with E-state index in [-0.39, 0.29) is 17.9 Å². The number of aliphatic hydroxyl groups excluding tert-OH is 1. The third kappa shape index (κ3) is 4.95. The van der Waals surface area contributed by atoms with E-state index < -0.39 is 17.7 Å². The van der Waals surface area contributed by atoms with Crippen LogP contribution in [-0.2, 0) is 16.1 Å². The van der Waals surface area contributed by atoms with Crippen LogP contribution in [0.25, 0.3) is 5.76 Å². The zero-order chi connectivity index (χ0) is 25.8. The van der Waals surface area contributed by atoms with Crippen LogP contribution in [0.5, 0.6) is 11.5 Å². The van der Waals surface area contributed by atoms with Crippen molar-refractivity contribution in [2.45, 2.75) is 32.9 Å². The molecule has 1 atom stereocenters. The highest BCUT2D eigenvalue weighted by Crippen LogP contribution is 2.41. The largest absolute Gasteiger partial charge is 0.507 e. The highest BCUT2D eigenvalue weighted by atomic mass is 35.5. The number of hydrogen-bond acceptors (Lipinski definition) is 5. The summed E-state index contributed by atoms with van der Waals surface area (Å²) in [6.45, 7) is 4.60. The fourth-order valence-electron chi connectivity index (χ4n) is 4.38. The molecule has 1 heterocycles. The molecule has 1 saturated heterocycles. The van der Waals surface area contributed by atoms with Crippen molar-refractivity contribution in [3.63, 3.8) is 0 Å². The van der Waals surface area contributed by atoms with E-state index in [0.29, 0.717) is 34.3 Å². The van der Waals surface area contributed by atoms with Gasteiger partial charge < -0.3 is 19.5 Å². The lowest BCUT2D eigenvalue weighted by Gasteiger charge is -2.26. The number of nitrogens with zero attached hydrogens (tertiary/aromatic N) is 1. The first-order valence-corrected chi connectivity index (χ1v) is 12.1. The van der Waals surface area contributed by atoms with Gasteiger partial charge in [0.15, 0.2) is 0 Å². The predicted octanol–water partition coefficient (Wildman–Crippen LogP) is 6.07. The molecular formula is C29H28ClNO5. The normalized spacial score (nSPS) is 16.9. The summed E-state index contributed by atoms with van der Waals surface area (Å²) in [5, 5.41) is 11.9. The zero-order valence-electron chi connectivity index (χ0n) is 20.5. The van der Waals surface area contributed by atoms with Crippen molar-refractivity contribution < 1.29 is 24.2 Å². The van der Waals surface area contributed by atoms with Crippen LogP contribution in [0.1, 0.15) is 41.6 Å². The standard InChI is InChI=1S/C29H28ClNO5/c1-4-15-36-23-14-11-20(16-18(23)2)27(32)25-26(19-9-12-22(30)13-10-19)31(29(34)28(25)33)17-21-7-5-6-8-24(21)35-3/h5-14,16,26,32H,4,15,17H2,1-3H3/b27-25-. The number of rotatable bonds is 8. The molecule has 186 valence electrons. The fraction of sp³-hybridized carbons (Fsp3) is 0.241. The van der Waals surface area contributed by atoms with Gasteiger partial charge in [0.25, 0.3) is 11.7 Å². The van der Waals surface area contributed by atoms with Crippen molar-refractivity contribution in [1.29, 1.82) is 0 Å². The van der Waals surface area contributed by atoms with Crippen molar-refractivity contribution in [2.24, 2.45) is 0 Å².